The number of nitrogens with two attached hydrogens (primary N) is 1. The first-order chi connectivity index (χ1) is 9.70. The Morgan fingerprint density at radius 3 is 2.70 bits per heavy atom. The van der Waals surface area contributed by atoms with Crippen LogP contribution in [0.1, 0.15) is 17.4 Å². The number of rotatable bonds is 3. The first kappa shape index (κ1) is 13.8. The Balaban J connectivity index is 1.92. The SMILES string of the molecule is NCC(c1c(Cl)cccc1Cl)N1CCn2cnnc2C1. The minimum atomic E-state index is -0.0124. The molecular weight excluding hydrogens is 297 g/mol. The lowest BCUT2D eigenvalue weighted by Gasteiger charge is -2.34. The van der Waals surface area contributed by atoms with Crippen LogP contribution in [0, 0.1) is 0 Å². The van der Waals surface area contributed by atoms with Crippen molar-refractivity contribution in [3.63, 3.8) is 0 Å². The molecule has 3 rings (SSSR count). The van der Waals surface area contributed by atoms with Crippen LogP contribution in [0.15, 0.2) is 24.5 Å². The van der Waals surface area contributed by atoms with Gasteiger partial charge in [-0.3, -0.25) is 4.90 Å². The second kappa shape index (κ2) is 5.69. The van der Waals surface area contributed by atoms with Crippen LogP contribution in [0.5, 0.6) is 0 Å². The lowest BCUT2D eigenvalue weighted by atomic mass is 10.0. The van der Waals surface area contributed by atoms with Crippen LogP contribution in [0.3, 0.4) is 0 Å². The molecule has 1 atom stereocenters. The minimum Gasteiger partial charge on any atom is -0.329 e. The van der Waals surface area contributed by atoms with Gasteiger partial charge in [0.2, 0.25) is 0 Å². The molecule has 1 aromatic heterocycles. The van der Waals surface area contributed by atoms with Crippen LogP contribution in [0.2, 0.25) is 10.0 Å². The van der Waals surface area contributed by atoms with Crippen LogP contribution in [-0.4, -0.2) is 32.8 Å². The molecule has 0 fully saturated rings. The van der Waals surface area contributed by atoms with Gasteiger partial charge in [0, 0.05) is 35.2 Å². The van der Waals surface area contributed by atoms with Crippen molar-refractivity contribution in [3.8, 4) is 0 Å². The first-order valence-electron chi connectivity index (χ1n) is 6.45. The molecule has 0 aliphatic carbocycles. The number of nitrogens with zero attached hydrogens (tertiary/aromatic N) is 4. The zero-order valence-corrected chi connectivity index (χ0v) is 12.3. The fourth-order valence-corrected chi connectivity index (χ4v) is 3.28. The molecule has 1 aromatic carbocycles. The van der Waals surface area contributed by atoms with E-state index in [0.717, 1.165) is 24.5 Å². The molecule has 106 valence electrons. The molecule has 7 heteroatoms. The Morgan fingerprint density at radius 2 is 2.00 bits per heavy atom. The van der Waals surface area contributed by atoms with Gasteiger partial charge in [0.1, 0.15) is 12.2 Å². The number of halogens is 2. The lowest BCUT2D eigenvalue weighted by Crippen LogP contribution is -2.39. The lowest BCUT2D eigenvalue weighted by molar-refractivity contribution is 0.156. The zero-order chi connectivity index (χ0) is 14.1. The molecule has 0 radical (unpaired) electrons. The first-order valence-corrected chi connectivity index (χ1v) is 7.21. The van der Waals surface area contributed by atoms with E-state index in [0.29, 0.717) is 23.1 Å². The third-order valence-corrected chi connectivity index (χ3v) is 4.32. The van der Waals surface area contributed by atoms with Crippen molar-refractivity contribution < 1.29 is 0 Å². The standard InChI is InChI=1S/C13H15Cl2N5/c14-9-2-1-3-10(15)13(9)11(6-16)19-4-5-20-8-17-18-12(20)7-19/h1-3,8,11H,4-7,16H2. The van der Waals surface area contributed by atoms with Gasteiger partial charge in [0.15, 0.2) is 0 Å². The summed E-state index contributed by atoms with van der Waals surface area (Å²) < 4.78 is 2.05. The average molecular weight is 312 g/mol. The molecule has 0 bridgehead atoms. The van der Waals surface area contributed by atoms with Gasteiger partial charge in [-0.25, -0.2) is 0 Å². The van der Waals surface area contributed by atoms with Crippen LogP contribution < -0.4 is 5.73 Å². The molecule has 20 heavy (non-hydrogen) atoms. The van der Waals surface area contributed by atoms with Crippen molar-refractivity contribution >= 4 is 23.2 Å². The van der Waals surface area contributed by atoms with Gasteiger partial charge in [-0.15, -0.1) is 10.2 Å². The highest BCUT2D eigenvalue weighted by Crippen LogP contribution is 2.34. The van der Waals surface area contributed by atoms with E-state index < -0.39 is 0 Å². The highest BCUT2D eigenvalue weighted by atomic mass is 35.5. The molecule has 0 saturated heterocycles. The molecule has 0 amide bonds. The van der Waals surface area contributed by atoms with E-state index in [4.69, 9.17) is 28.9 Å². The van der Waals surface area contributed by atoms with Crippen LogP contribution in [0.25, 0.3) is 0 Å². The summed E-state index contributed by atoms with van der Waals surface area (Å²) in [6.45, 7) is 2.87. The summed E-state index contributed by atoms with van der Waals surface area (Å²) in [5.74, 6) is 0.942. The topological polar surface area (TPSA) is 60.0 Å². The Hall–Kier alpha value is -1.14. The Labute approximate surface area is 127 Å². The van der Waals surface area contributed by atoms with Crippen molar-refractivity contribution in [2.45, 2.75) is 19.1 Å². The van der Waals surface area contributed by atoms with Crippen LogP contribution >= 0.6 is 23.2 Å². The Kier molecular flexibility index (Phi) is 3.94. The van der Waals surface area contributed by atoms with E-state index in [2.05, 4.69) is 19.7 Å². The molecule has 5 nitrogen and oxygen atoms in total. The molecule has 2 heterocycles. The number of fused-ring (bicyclic) bond motifs is 1. The maximum atomic E-state index is 6.30. The number of aromatic nitrogens is 3. The van der Waals surface area contributed by atoms with Gasteiger partial charge in [-0.2, -0.15) is 0 Å². The second-order valence-corrected chi connectivity index (χ2v) is 5.61. The number of hydrogen-bond acceptors (Lipinski definition) is 4. The van der Waals surface area contributed by atoms with Gasteiger partial charge in [-0.05, 0) is 12.1 Å². The third-order valence-electron chi connectivity index (χ3n) is 3.67. The fraction of sp³-hybridized carbons (Fsp3) is 0.385. The quantitative estimate of drug-likeness (QED) is 0.943. The monoisotopic (exact) mass is 311 g/mol. The van der Waals surface area contributed by atoms with E-state index >= 15 is 0 Å². The summed E-state index contributed by atoms with van der Waals surface area (Å²) in [5.41, 5.74) is 6.86. The number of hydrogen-bond donors (Lipinski definition) is 1. The van der Waals surface area contributed by atoms with Crippen molar-refractivity contribution in [1.82, 2.24) is 19.7 Å². The second-order valence-electron chi connectivity index (χ2n) is 4.80. The van der Waals surface area contributed by atoms with Crippen LogP contribution in [-0.2, 0) is 13.1 Å². The molecular formula is C13H15Cl2N5. The normalized spacial score (nSPS) is 16.9. The van der Waals surface area contributed by atoms with E-state index in [9.17, 15) is 0 Å². The number of benzene rings is 1. The molecule has 2 aromatic rings. The maximum Gasteiger partial charge on any atom is 0.147 e. The van der Waals surface area contributed by atoms with Crippen molar-refractivity contribution in [1.29, 1.82) is 0 Å². The smallest absolute Gasteiger partial charge is 0.147 e. The van der Waals surface area contributed by atoms with E-state index in [1.807, 2.05) is 18.2 Å². The van der Waals surface area contributed by atoms with Crippen molar-refractivity contribution in [3.05, 3.63) is 46.0 Å². The van der Waals surface area contributed by atoms with Gasteiger partial charge in [0.25, 0.3) is 0 Å². The highest BCUT2D eigenvalue weighted by molar-refractivity contribution is 6.36. The third kappa shape index (κ3) is 2.42. The molecule has 1 unspecified atom stereocenters. The van der Waals surface area contributed by atoms with Crippen LogP contribution in [0.4, 0.5) is 0 Å². The maximum absolute atomic E-state index is 6.30. The van der Waals surface area contributed by atoms with Gasteiger partial charge < -0.3 is 10.3 Å². The van der Waals surface area contributed by atoms with Gasteiger partial charge in [0.05, 0.1) is 12.6 Å². The average Bonchev–Trinajstić information content (AvgIpc) is 2.90. The molecule has 0 saturated carbocycles. The van der Waals surface area contributed by atoms with E-state index in [-0.39, 0.29) is 6.04 Å². The Morgan fingerprint density at radius 1 is 1.25 bits per heavy atom. The minimum absolute atomic E-state index is 0.0124. The fourth-order valence-electron chi connectivity index (χ4n) is 2.63. The molecule has 1 aliphatic rings. The summed E-state index contributed by atoms with van der Waals surface area (Å²) in [5, 5.41) is 9.37. The Bertz CT molecular complexity index is 592. The van der Waals surface area contributed by atoms with Crippen molar-refractivity contribution in [2.75, 3.05) is 13.1 Å². The largest absolute Gasteiger partial charge is 0.329 e. The van der Waals surface area contributed by atoms with Gasteiger partial charge >= 0.3 is 0 Å². The summed E-state index contributed by atoms with van der Waals surface area (Å²) in [4.78, 5) is 2.25. The summed E-state index contributed by atoms with van der Waals surface area (Å²) in [6.07, 6.45) is 1.76. The summed E-state index contributed by atoms with van der Waals surface area (Å²) >= 11 is 12.6. The highest BCUT2D eigenvalue weighted by Gasteiger charge is 2.27. The van der Waals surface area contributed by atoms with Crippen molar-refractivity contribution in [2.24, 2.45) is 5.73 Å². The molecule has 0 spiro atoms. The summed E-state index contributed by atoms with van der Waals surface area (Å²) in [7, 11) is 0. The predicted octanol–water partition coefficient (Wildman–Crippen LogP) is 2.10. The molecule has 2 N–H and O–H groups in total. The zero-order valence-electron chi connectivity index (χ0n) is 10.8. The van der Waals surface area contributed by atoms with E-state index in [1.165, 1.54) is 0 Å². The molecule has 1 aliphatic heterocycles. The van der Waals surface area contributed by atoms with Gasteiger partial charge in [-0.1, -0.05) is 29.3 Å². The van der Waals surface area contributed by atoms with E-state index in [1.54, 1.807) is 6.33 Å². The predicted molar refractivity (Wildman–Crippen MR) is 78.7 cm³/mol. The summed E-state index contributed by atoms with van der Waals surface area (Å²) in [6, 6.07) is 5.52.